The summed E-state index contributed by atoms with van der Waals surface area (Å²) in [5.41, 5.74) is 10.2. The highest BCUT2D eigenvalue weighted by molar-refractivity contribution is 5.98. The van der Waals surface area contributed by atoms with E-state index in [2.05, 4.69) is 93.2 Å². The Morgan fingerprint density at radius 3 is 0.983 bits per heavy atom. The average Bonchev–Trinajstić information content (AvgIpc) is 1.27. The van der Waals surface area contributed by atoms with E-state index in [-0.39, 0.29) is 100 Å². The van der Waals surface area contributed by atoms with E-state index in [1.807, 2.05) is 185 Å². The number of benzene rings is 8. The molecular weight excluding hydrogens is 1450 g/mol. The molecule has 0 fully saturated rings. The van der Waals surface area contributed by atoms with Crippen molar-refractivity contribution < 1.29 is 43.2 Å². The zero-order valence-corrected chi connectivity index (χ0v) is 64.4. The van der Waals surface area contributed by atoms with Crippen LogP contribution in [0.1, 0.15) is 117 Å². The van der Waals surface area contributed by atoms with E-state index in [9.17, 15) is 33.9 Å². The van der Waals surface area contributed by atoms with E-state index >= 15 is 0 Å². The molecule has 16 rings (SSSR count). The molecule has 3 amide bonds. The molecule has 8 heterocycles. The Bertz CT molecular complexity index is 5470. The number of rotatable bonds is 26. The van der Waals surface area contributed by atoms with E-state index in [0.717, 1.165) is 44.5 Å². The van der Waals surface area contributed by atoms with Crippen LogP contribution in [0.2, 0.25) is 0 Å². The molecule has 0 bridgehead atoms. The average molecular weight is 1540 g/mol. The van der Waals surface area contributed by atoms with Gasteiger partial charge in [-0.2, -0.15) is 10.2 Å². The largest absolute Gasteiger partial charge is 0.503 e. The van der Waals surface area contributed by atoms with Crippen molar-refractivity contribution in [1.29, 1.82) is 0 Å². The maximum atomic E-state index is 14.2. The Kier molecular flexibility index (Phi) is 25.2. The lowest BCUT2D eigenvalue weighted by atomic mass is 9.83. The number of carbonyl (C=O) groups is 3. The lowest BCUT2D eigenvalue weighted by molar-refractivity contribution is 0.0574. The summed E-state index contributed by atoms with van der Waals surface area (Å²) in [5.74, 6) is -1.62. The Hall–Kier alpha value is -13.3. The number of aromatic hydroxyl groups is 1. The molecule has 0 radical (unpaired) electrons. The summed E-state index contributed by atoms with van der Waals surface area (Å²) in [5, 5.41) is 24.6. The first-order valence-corrected chi connectivity index (χ1v) is 38.3. The normalized spacial score (nSPS) is 15.0. The van der Waals surface area contributed by atoms with Crippen molar-refractivity contribution >= 4 is 17.7 Å². The number of hydrogen-bond acceptors (Lipinski definition) is 14. The number of carbonyl (C=O) groups excluding carboxylic acids is 3. The van der Waals surface area contributed by atoms with E-state index in [1.165, 1.54) is 6.20 Å². The van der Waals surface area contributed by atoms with Gasteiger partial charge in [-0.1, -0.05) is 243 Å². The van der Waals surface area contributed by atoms with Crippen LogP contribution in [0.3, 0.4) is 0 Å². The zero-order chi connectivity index (χ0) is 79.7. The molecule has 3 atom stereocenters. The van der Waals surface area contributed by atoms with Crippen LogP contribution < -0.4 is 25.8 Å². The van der Waals surface area contributed by atoms with Crippen LogP contribution in [0.5, 0.6) is 17.2 Å². The Morgan fingerprint density at radius 1 is 0.383 bits per heavy atom. The molecule has 584 valence electrons. The molecule has 3 aliphatic heterocycles. The standard InChI is InChI=1S/C34H32N4O4.C32H32N2O4.C27H26N4O4/c1-41-18-17-37-22-29(30(25-13-7-3-8-14-25)26-15-9-4-10-16-26)38-21-28(27-19-35-36-20-27)32(39)33(31(38)34(37)40)42-23-24-11-5-2-6-12-24;1-23-20-34-27(28(25-14-8-4-9-15-25)26-16-10-5-11-17-26)21-33(18-19-37-2)32(36)29(34)31(30(23)35)38-22-24-12-6-3-7-13-24;1-35-13-12-30-17-22(23(18-8-4-2-5-9-18)19-10-6-3-7-11-19)31-16-21(20-14-28-29-15-20)25(32)26(33)24(31)27(30)34/h2-16,19-21,29-30H,17-18,22-23H2,1H3,(H,35,36);3-17,20,27-28H,18-19,21-22H2,1-2H3;2-11,14-16,22-23,33H,12-13,17H2,1H3,(H,28,29)/t29-;27-;22-/m111/s1. The van der Waals surface area contributed by atoms with Gasteiger partial charge in [-0.3, -0.25) is 39.0 Å². The molecule has 0 saturated heterocycles. The fourth-order valence-electron chi connectivity index (χ4n) is 15.8. The third kappa shape index (κ3) is 17.2. The second kappa shape index (κ2) is 36.9. The number of nitrogens with one attached hydrogen (secondary N) is 2. The number of H-pyrrole nitrogens is 2. The number of amides is 3. The first kappa shape index (κ1) is 78.4. The first-order valence-electron chi connectivity index (χ1n) is 38.3. The van der Waals surface area contributed by atoms with Gasteiger partial charge in [-0.15, -0.1) is 0 Å². The molecule has 0 saturated carbocycles. The summed E-state index contributed by atoms with van der Waals surface area (Å²) in [6.07, 6.45) is 11.7. The summed E-state index contributed by atoms with van der Waals surface area (Å²) >= 11 is 0. The van der Waals surface area contributed by atoms with Crippen LogP contribution in [0.15, 0.2) is 300 Å². The van der Waals surface area contributed by atoms with Gasteiger partial charge in [0.15, 0.2) is 34.3 Å². The molecule has 22 nitrogen and oxygen atoms in total. The van der Waals surface area contributed by atoms with Gasteiger partial charge >= 0.3 is 0 Å². The molecule has 13 aromatic rings. The number of ether oxygens (including phenoxy) is 5. The molecule has 22 heteroatoms. The van der Waals surface area contributed by atoms with Crippen LogP contribution in [0.25, 0.3) is 22.3 Å². The highest BCUT2D eigenvalue weighted by Crippen LogP contribution is 2.45. The van der Waals surface area contributed by atoms with Gasteiger partial charge in [0.1, 0.15) is 13.2 Å². The number of fused-ring (bicyclic) bond motifs is 3. The van der Waals surface area contributed by atoms with Crippen molar-refractivity contribution in [2.45, 2.75) is 56.0 Å². The molecule has 8 aromatic carbocycles. The van der Waals surface area contributed by atoms with Crippen LogP contribution in [0, 0.1) is 6.92 Å². The lowest BCUT2D eigenvalue weighted by Crippen LogP contribution is -2.47. The van der Waals surface area contributed by atoms with E-state index in [0.29, 0.717) is 87.0 Å². The third-order valence-corrected chi connectivity index (χ3v) is 21.4. The Balaban J connectivity index is 0.000000143. The maximum Gasteiger partial charge on any atom is 0.274 e. The van der Waals surface area contributed by atoms with Crippen LogP contribution in [-0.2, 0) is 27.4 Å². The predicted molar refractivity (Wildman–Crippen MR) is 440 cm³/mol. The fraction of sp³-hybridized carbons (Fsp3) is 0.226. The smallest absolute Gasteiger partial charge is 0.274 e. The van der Waals surface area contributed by atoms with Gasteiger partial charge < -0.3 is 57.2 Å². The first-order chi connectivity index (χ1) is 56.3. The van der Waals surface area contributed by atoms with Crippen molar-refractivity contribution in [3.05, 3.63) is 384 Å². The van der Waals surface area contributed by atoms with Gasteiger partial charge in [0.25, 0.3) is 17.7 Å². The monoisotopic (exact) mass is 1540 g/mol. The van der Waals surface area contributed by atoms with Gasteiger partial charge in [-0.25, -0.2) is 0 Å². The van der Waals surface area contributed by atoms with E-state index < -0.39 is 17.1 Å². The van der Waals surface area contributed by atoms with Gasteiger partial charge in [0.05, 0.1) is 61.5 Å². The number of aromatic nitrogens is 7. The predicted octanol–water partition coefficient (Wildman–Crippen LogP) is 13.9. The highest BCUT2D eigenvalue weighted by atomic mass is 16.5. The van der Waals surface area contributed by atoms with Crippen molar-refractivity contribution in [2.24, 2.45) is 0 Å². The van der Waals surface area contributed by atoms with Gasteiger partial charge in [0, 0.05) is 126 Å². The maximum absolute atomic E-state index is 14.2. The molecule has 0 unspecified atom stereocenters. The Labute approximate surface area is 666 Å². The minimum Gasteiger partial charge on any atom is -0.503 e. The molecule has 0 aliphatic carbocycles. The molecule has 3 N–H and O–H groups in total. The number of aromatic amines is 2. The molecule has 0 spiro atoms. The molecular formula is C93H90N10O12. The van der Waals surface area contributed by atoms with Gasteiger partial charge in [0.2, 0.25) is 16.3 Å². The number of methoxy groups -OCH3 is 3. The minimum absolute atomic E-state index is 0.00791. The minimum atomic E-state index is -0.602. The van der Waals surface area contributed by atoms with Crippen LogP contribution >= 0.6 is 0 Å². The summed E-state index contributed by atoms with van der Waals surface area (Å²) in [6, 6.07) is 79.9. The van der Waals surface area contributed by atoms with Crippen LogP contribution in [0.4, 0.5) is 0 Å². The van der Waals surface area contributed by atoms with Crippen LogP contribution in [-0.4, -0.2) is 152 Å². The highest BCUT2D eigenvalue weighted by Gasteiger charge is 2.44. The molecule has 5 aromatic heterocycles. The molecule has 115 heavy (non-hydrogen) atoms. The Morgan fingerprint density at radius 2 is 0.670 bits per heavy atom. The SMILES string of the molecule is COCCN1C[C@H](C(c2ccccc2)c2ccccc2)n2cc(-c3cn[nH]c3)c(=O)c(O)c2C1=O.COCCN1C[C@H](C(c2ccccc2)c2ccccc2)n2cc(-c3cn[nH]c3)c(=O)c(OCc3ccccc3)c2C1=O.COCCN1C[C@H](C(c2ccccc2)c2ccccc2)n2cc(C)c(=O)c(OCc3ccccc3)c2C1=O. The van der Waals surface area contributed by atoms with Crippen molar-refractivity contribution in [3.8, 4) is 39.5 Å². The molecule has 3 aliphatic rings. The zero-order valence-electron chi connectivity index (χ0n) is 64.4. The van der Waals surface area contributed by atoms with Gasteiger partial charge in [-0.05, 0) is 51.4 Å². The third-order valence-electron chi connectivity index (χ3n) is 21.4. The second-order valence-electron chi connectivity index (χ2n) is 28.5. The van der Waals surface area contributed by atoms with E-state index in [4.69, 9.17) is 23.7 Å². The number of nitrogens with zero attached hydrogens (tertiary/aromatic N) is 8. The lowest BCUT2D eigenvalue weighted by Gasteiger charge is -2.41. The van der Waals surface area contributed by atoms with E-state index in [1.54, 1.807) is 78.5 Å². The van der Waals surface area contributed by atoms with Crippen molar-refractivity contribution in [1.82, 2.24) is 48.8 Å². The summed E-state index contributed by atoms with van der Waals surface area (Å²) < 4.78 is 34.1. The quantitative estimate of drug-likeness (QED) is 0.0456. The number of pyridine rings is 3. The second-order valence-corrected chi connectivity index (χ2v) is 28.5. The number of hydrogen-bond donors (Lipinski definition) is 3. The topological polar surface area (TPSA) is 251 Å². The summed E-state index contributed by atoms with van der Waals surface area (Å²) in [7, 11) is 4.82. The summed E-state index contributed by atoms with van der Waals surface area (Å²) in [6.45, 7) is 5.68. The van der Waals surface area contributed by atoms with Crippen molar-refractivity contribution in [2.75, 3.05) is 80.4 Å². The number of aryl methyl sites for hydroxylation is 1. The fourth-order valence-corrected chi connectivity index (χ4v) is 15.8. The summed E-state index contributed by atoms with van der Waals surface area (Å²) in [4.78, 5) is 87.3. The van der Waals surface area contributed by atoms with Crippen molar-refractivity contribution in [3.63, 3.8) is 0 Å².